The van der Waals surface area contributed by atoms with Crippen molar-refractivity contribution in [2.75, 3.05) is 0 Å². The zero-order valence-electron chi connectivity index (χ0n) is 19.9. The highest BCUT2D eigenvalue weighted by atomic mass is 16.3. The molecule has 2 aromatic carbocycles. The van der Waals surface area contributed by atoms with Gasteiger partial charge < -0.3 is 10.2 Å². The fourth-order valence-electron chi connectivity index (χ4n) is 8.50. The number of hydrogen-bond donors (Lipinski definition) is 2. The van der Waals surface area contributed by atoms with Gasteiger partial charge in [-0.3, -0.25) is 0 Å². The standard InChI is InChI=1S/C29H38O2/c1-6-26-13-27(19(2)3)16-28(14-26,22-7-9-24(30)20(4)11-22)18-29(15-26,17-27)23-8-10-25(31)21(5)12-23/h7-12,19,30-31H,6,13-18H2,1-5H3. The van der Waals surface area contributed by atoms with E-state index < -0.39 is 0 Å². The molecule has 2 heteroatoms. The van der Waals surface area contributed by atoms with Crippen molar-refractivity contribution in [3.8, 4) is 11.5 Å². The van der Waals surface area contributed by atoms with Crippen LogP contribution in [0.25, 0.3) is 0 Å². The highest BCUT2D eigenvalue weighted by Crippen LogP contribution is 2.76. The van der Waals surface area contributed by atoms with Gasteiger partial charge in [0.2, 0.25) is 0 Å². The van der Waals surface area contributed by atoms with Crippen LogP contribution in [0.4, 0.5) is 0 Å². The van der Waals surface area contributed by atoms with Crippen LogP contribution in [0, 0.1) is 30.6 Å². The van der Waals surface area contributed by atoms with Crippen molar-refractivity contribution in [3.05, 3.63) is 58.7 Å². The van der Waals surface area contributed by atoms with Crippen molar-refractivity contribution in [1.82, 2.24) is 0 Å². The van der Waals surface area contributed by atoms with Crippen LogP contribution in [-0.4, -0.2) is 10.2 Å². The van der Waals surface area contributed by atoms with E-state index in [0.717, 1.165) is 11.1 Å². The molecule has 4 saturated carbocycles. The Labute approximate surface area is 187 Å². The minimum Gasteiger partial charge on any atom is -0.508 e. The van der Waals surface area contributed by atoms with Gasteiger partial charge in [0.05, 0.1) is 0 Å². The van der Waals surface area contributed by atoms with Gasteiger partial charge in [0.25, 0.3) is 0 Å². The van der Waals surface area contributed by atoms with Crippen molar-refractivity contribution in [1.29, 1.82) is 0 Å². The normalized spacial score (nSPS) is 36.3. The topological polar surface area (TPSA) is 40.5 Å². The predicted octanol–water partition coefficient (Wildman–Crippen LogP) is 7.31. The van der Waals surface area contributed by atoms with E-state index in [2.05, 4.69) is 45.0 Å². The molecule has 0 saturated heterocycles. The van der Waals surface area contributed by atoms with Gasteiger partial charge in [0.1, 0.15) is 11.5 Å². The lowest BCUT2D eigenvalue weighted by Crippen LogP contribution is -2.65. The Morgan fingerprint density at radius 3 is 1.61 bits per heavy atom. The van der Waals surface area contributed by atoms with Gasteiger partial charge in [0, 0.05) is 0 Å². The molecule has 4 bridgehead atoms. The second-order valence-corrected chi connectivity index (χ2v) is 12.0. The number of aryl methyl sites for hydroxylation is 2. The molecule has 0 aromatic heterocycles. The van der Waals surface area contributed by atoms with Crippen LogP contribution in [0.3, 0.4) is 0 Å². The lowest BCUT2D eigenvalue weighted by molar-refractivity contribution is -0.161. The number of benzene rings is 2. The van der Waals surface area contributed by atoms with Crippen molar-refractivity contribution in [2.45, 2.75) is 90.4 Å². The van der Waals surface area contributed by atoms with E-state index in [9.17, 15) is 10.2 Å². The summed E-state index contributed by atoms with van der Waals surface area (Å²) in [5.41, 5.74) is 5.91. The van der Waals surface area contributed by atoms with E-state index in [1.165, 1.54) is 56.1 Å². The smallest absolute Gasteiger partial charge is 0.118 e. The van der Waals surface area contributed by atoms with Crippen LogP contribution >= 0.6 is 0 Å². The lowest BCUT2D eigenvalue weighted by atomic mass is 9.32. The van der Waals surface area contributed by atoms with Crippen LogP contribution in [0.2, 0.25) is 0 Å². The summed E-state index contributed by atoms with van der Waals surface area (Å²) in [4.78, 5) is 0. The SMILES string of the molecule is CCC12CC3(c4ccc(O)c(C)c4)CC(c4ccc(O)c(C)c4)(C1)CC(C(C)C)(C2)C3. The summed E-state index contributed by atoms with van der Waals surface area (Å²) >= 11 is 0. The van der Waals surface area contributed by atoms with E-state index in [4.69, 9.17) is 0 Å². The molecule has 2 unspecified atom stereocenters. The fraction of sp³-hybridized carbons (Fsp3) is 0.586. The van der Waals surface area contributed by atoms with Gasteiger partial charge in [-0.15, -0.1) is 0 Å². The molecule has 0 aliphatic heterocycles. The van der Waals surface area contributed by atoms with E-state index >= 15 is 0 Å². The molecule has 4 fully saturated rings. The Bertz CT molecular complexity index is 966. The number of phenols is 2. The van der Waals surface area contributed by atoms with Crippen LogP contribution in [0.5, 0.6) is 11.5 Å². The Morgan fingerprint density at radius 2 is 1.23 bits per heavy atom. The monoisotopic (exact) mass is 418 g/mol. The van der Waals surface area contributed by atoms with Crippen molar-refractivity contribution in [3.63, 3.8) is 0 Å². The highest BCUT2D eigenvalue weighted by Gasteiger charge is 2.68. The van der Waals surface area contributed by atoms with Gasteiger partial charge in [-0.25, -0.2) is 0 Å². The maximum absolute atomic E-state index is 10.2. The number of phenolic OH excluding ortho intramolecular Hbond substituents is 2. The van der Waals surface area contributed by atoms with Crippen molar-refractivity contribution < 1.29 is 10.2 Å². The second kappa shape index (κ2) is 6.53. The average Bonchev–Trinajstić information content (AvgIpc) is 2.71. The predicted molar refractivity (Wildman–Crippen MR) is 127 cm³/mol. The summed E-state index contributed by atoms with van der Waals surface area (Å²) in [6, 6.07) is 12.8. The average molecular weight is 419 g/mol. The molecule has 4 aliphatic rings. The minimum atomic E-state index is 0.166. The van der Waals surface area contributed by atoms with Gasteiger partial charge in [0.15, 0.2) is 0 Å². The molecule has 2 N–H and O–H groups in total. The Morgan fingerprint density at radius 1 is 0.742 bits per heavy atom. The first kappa shape index (κ1) is 20.9. The van der Waals surface area contributed by atoms with E-state index in [1.54, 1.807) is 0 Å². The third-order valence-electron chi connectivity index (χ3n) is 9.80. The molecular weight excluding hydrogens is 380 g/mol. The fourth-order valence-corrected chi connectivity index (χ4v) is 8.50. The summed E-state index contributed by atoms with van der Waals surface area (Å²) in [6.45, 7) is 11.4. The maximum Gasteiger partial charge on any atom is 0.118 e. The third kappa shape index (κ3) is 2.90. The quantitative estimate of drug-likeness (QED) is 0.546. The molecule has 166 valence electrons. The molecule has 0 amide bonds. The summed E-state index contributed by atoms with van der Waals surface area (Å²) in [6.07, 6.45) is 8.85. The second-order valence-electron chi connectivity index (χ2n) is 12.0. The molecule has 0 heterocycles. The third-order valence-corrected chi connectivity index (χ3v) is 9.80. The summed E-state index contributed by atoms with van der Waals surface area (Å²) in [5.74, 6) is 1.46. The van der Waals surface area contributed by atoms with Crippen molar-refractivity contribution in [2.24, 2.45) is 16.7 Å². The van der Waals surface area contributed by atoms with E-state index in [0.29, 0.717) is 28.2 Å². The molecule has 0 spiro atoms. The molecule has 4 aliphatic carbocycles. The lowest BCUT2D eigenvalue weighted by Gasteiger charge is -2.72. The Hall–Kier alpha value is -1.96. The van der Waals surface area contributed by atoms with Gasteiger partial charge in [-0.2, -0.15) is 0 Å². The highest BCUT2D eigenvalue weighted by molar-refractivity contribution is 5.46. The summed E-state index contributed by atoms with van der Waals surface area (Å²) in [7, 11) is 0. The first-order chi connectivity index (χ1) is 14.6. The zero-order valence-corrected chi connectivity index (χ0v) is 19.9. The maximum atomic E-state index is 10.2. The summed E-state index contributed by atoms with van der Waals surface area (Å²) < 4.78 is 0. The molecular formula is C29H38O2. The molecule has 2 aromatic rings. The number of rotatable bonds is 4. The zero-order chi connectivity index (χ0) is 22.2. The van der Waals surface area contributed by atoms with Gasteiger partial charge in [-0.1, -0.05) is 51.5 Å². The van der Waals surface area contributed by atoms with Crippen molar-refractivity contribution >= 4 is 0 Å². The number of aromatic hydroxyl groups is 2. The van der Waals surface area contributed by atoms with Gasteiger partial charge >= 0.3 is 0 Å². The largest absolute Gasteiger partial charge is 0.508 e. The minimum absolute atomic E-state index is 0.166. The molecule has 31 heavy (non-hydrogen) atoms. The van der Waals surface area contributed by atoms with Crippen LogP contribution in [0.15, 0.2) is 36.4 Å². The molecule has 0 radical (unpaired) electrons. The van der Waals surface area contributed by atoms with Crippen LogP contribution in [-0.2, 0) is 10.8 Å². The molecule has 2 nitrogen and oxygen atoms in total. The van der Waals surface area contributed by atoms with Crippen LogP contribution < -0.4 is 0 Å². The first-order valence-corrected chi connectivity index (χ1v) is 12.2. The first-order valence-electron chi connectivity index (χ1n) is 12.2. The summed E-state index contributed by atoms with van der Waals surface area (Å²) in [5, 5.41) is 20.4. The Kier molecular flexibility index (Phi) is 4.40. The number of hydrogen-bond acceptors (Lipinski definition) is 2. The molecule has 6 rings (SSSR count). The van der Waals surface area contributed by atoms with Gasteiger partial charge in [-0.05, 0) is 114 Å². The molecule has 2 atom stereocenters. The van der Waals surface area contributed by atoms with E-state index in [-0.39, 0.29) is 10.8 Å². The van der Waals surface area contributed by atoms with Crippen LogP contribution in [0.1, 0.15) is 88.0 Å². The van der Waals surface area contributed by atoms with E-state index in [1.807, 2.05) is 26.0 Å². The Balaban J connectivity index is 1.74.